The summed E-state index contributed by atoms with van der Waals surface area (Å²) < 4.78 is 45.4. The number of morpholine rings is 1. The van der Waals surface area contributed by atoms with Gasteiger partial charge in [0.05, 0.1) is 6.61 Å². The fraction of sp³-hybridized carbons (Fsp3) is 0.500. The number of carbonyl (C=O) groups is 1. The largest absolute Gasteiger partial charge is 0.573 e. The van der Waals surface area contributed by atoms with Crippen molar-refractivity contribution in [2.45, 2.75) is 19.0 Å². The zero-order valence-corrected chi connectivity index (χ0v) is 13.2. The molecule has 1 amide bonds. The van der Waals surface area contributed by atoms with Crippen molar-refractivity contribution in [3.8, 4) is 5.75 Å². The summed E-state index contributed by atoms with van der Waals surface area (Å²) in [4.78, 5) is 13.6. The molecular formula is C14H18ClF3N2O3. The summed E-state index contributed by atoms with van der Waals surface area (Å²) in [6.45, 7) is 1.94. The van der Waals surface area contributed by atoms with E-state index in [9.17, 15) is 18.0 Å². The highest BCUT2D eigenvalue weighted by Crippen LogP contribution is 2.23. The van der Waals surface area contributed by atoms with E-state index in [4.69, 9.17) is 4.74 Å². The highest BCUT2D eigenvalue weighted by atomic mass is 35.5. The number of hydrogen-bond acceptors (Lipinski definition) is 4. The predicted molar refractivity (Wildman–Crippen MR) is 79.5 cm³/mol. The zero-order chi connectivity index (χ0) is 16.2. The van der Waals surface area contributed by atoms with E-state index in [0.717, 1.165) is 0 Å². The minimum atomic E-state index is -4.71. The molecule has 2 rings (SSSR count). The summed E-state index contributed by atoms with van der Waals surface area (Å²) in [6.07, 6.45) is -5.23. The third-order valence-corrected chi connectivity index (χ3v) is 3.16. The van der Waals surface area contributed by atoms with Crippen LogP contribution in [-0.4, -0.2) is 50.0 Å². The number of alkyl halides is 3. The van der Waals surface area contributed by atoms with Gasteiger partial charge in [-0.15, -0.1) is 25.6 Å². The summed E-state index contributed by atoms with van der Waals surface area (Å²) in [7, 11) is 1.63. The Balaban J connectivity index is 0.00000264. The quantitative estimate of drug-likeness (QED) is 0.898. The first kappa shape index (κ1) is 19.5. The maximum Gasteiger partial charge on any atom is 0.573 e. The van der Waals surface area contributed by atoms with Crippen LogP contribution in [0.4, 0.5) is 13.2 Å². The molecule has 23 heavy (non-hydrogen) atoms. The van der Waals surface area contributed by atoms with Crippen LogP contribution in [0.1, 0.15) is 5.56 Å². The molecular weight excluding hydrogens is 337 g/mol. The molecule has 0 aromatic heterocycles. The van der Waals surface area contributed by atoms with Crippen molar-refractivity contribution < 1.29 is 27.4 Å². The Labute approximate surface area is 138 Å². The number of ether oxygens (including phenoxy) is 2. The molecule has 0 spiro atoms. The molecule has 0 radical (unpaired) electrons. The molecule has 1 atom stereocenters. The number of likely N-dealkylation sites (N-methyl/N-ethyl adjacent to an activating group) is 1. The highest BCUT2D eigenvalue weighted by molar-refractivity contribution is 5.85. The molecule has 0 aliphatic carbocycles. The van der Waals surface area contributed by atoms with Crippen LogP contribution < -0.4 is 10.1 Å². The Bertz CT molecular complexity index is 505. The molecule has 1 N–H and O–H groups in total. The predicted octanol–water partition coefficient (Wildman–Crippen LogP) is 1.95. The van der Waals surface area contributed by atoms with Crippen molar-refractivity contribution in [1.82, 2.24) is 10.2 Å². The van der Waals surface area contributed by atoms with Crippen LogP contribution in [0, 0.1) is 0 Å². The summed E-state index contributed by atoms with van der Waals surface area (Å²) in [6, 6.07) is 5.43. The Kier molecular flexibility index (Phi) is 7.11. The van der Waals surface area contributed by atoms with E-state index in [0.29, 0.717) is 25.3 Å². The lowest BCUT2D eigenvalue weighted by atomic mass is 10.2. The maximum absolute atomic E-state index is 12.1. The van der Waals surface area contributed by atoms with Crippen molar-refractivity contribution in [3.05, 3.63) is 29.8 Å². The number of amides is 1. The Morgan fingerprint density at radius 3 is 2.57 bits per heavy atom. The summed E-state index contributed by atoms with van der Waals surface area (Å²) >= 11 is 0. The molecule has 1 aromatic rings. The Hall–Kier alpha value is -1.51. The van der Waals surface area contributed by atoms with Gasteiger partial charge in [-0.05, 0) is 17.7 Å². The second kappa shape index (κ2) is 8.37. The number of halogens is 4. The van der Waals surface area contributed by atoms with E-state index in [1.807, 2.05) is 0 Å². The minimum absolute atomic E-state index is 0. The van der Waals surface area contributed by atoms with Crippen molar-refractivity contribution in [2.24, 2.45) is 0 Å². The Morgan fingerprint density at radius 1 is 1.39 bits per heavy atom. The van der Waals surface area contributed by atoms with Gasteiger partial charge >= 0.3 is 6.36 Å². The van der Waals surface area contributed by atoms with Gasteiger partial charge in [0.2, 0.25) is 0 Å². The smallest absolute Gasteiger partial charge is 0.406 e. The second-order valence-corrected chi connectivity index (χ2v) is 4.95. The number of carbonyl (C=O) groups excluding carboxylic acids is 1. The van der Waals surface area contributed by atoms with E-state index in [1.54, 1.807) is 7.05 Å². The van der Waals surface area contributed by atoms with Crippen molar-refractivity contribution >= 4 is 18.3 Å². The summed E-state index contributed by atoms with van der Waals surface area (Å²) in [5, 5.41) is 3.07. The molecule has 1 aromatic carbocycles. The van der Waals surface area contributed by atoms with Gasteiger partial charge in [0.1, 0.15) is 11.9 Å². The fourth-order valence-electron chi connectivity index (χ4n) is 2.12. The number of benzene rings is 1. The van der Waals surface area contributed by atoms with Gasteiger partial charge in [0.25, 0.3) is 5.91 Å². The third-order valence-electron chi connectivity index (χ3n) is 3.16. The molecule has 1 heterocycles. The second-order valence-electron chi connectivity index (χ2n) is 4.95. The lowest BCUT2D eigenvalue weighted by Crippen LogP contribution is -2.48. The SMILES string of the molecule is CN(Cc1ccc(OC(F)(F)F)cc1)C(=O)C1CNCCO1.Cl. The van der Waals surface area contributed by atoms with E-state index in [1.165, 1.54) is 29.2 Å². The summed E-state index contributed by atoms with van der Waals surface area (Å²) in [5.41, 5.74) is 0.703. The van der Waals surface area contributed by atoms with Gasteiger partial charge in [-0.2, -0.15) is 0 Å². The van der Waals surface area contributed by atoms with Crippen LogP contribution in [0.3, 0.4) is 0 Å². The highest BCUT2D eigenvalue weighted by Gasteiger charge is 2.31. The van der Waals surface area contributed by atoms with Gasteiger partial charge in [-0.1, -0.05) is 12.1 Å². The fourth-order valence-corrected chi connectivity index (χ4v) is 2.12. The standard InChI is InChI=1S/C14H17F3N2O3.ClH/c1-19(13(20)12-8-18-6-7-21-12)9-10-2-4-11(5-3-10)22-14(15,16)17;/h2-5,12,18H,6-9H2,1H3;1H. The van der Waals surface area contributed by atoms with Crippen LogP contribution in [0.2, 0.25) is 0 Å². The van der Waals surface area contributed by atoms with Crippen LogP contribution in [-0.2, 0) is 16.1 Å². The van der Waals surface area contributed by atoms with Crippen LogP contribution in [0.25, 0.3) is 0 Å². The maximum atomic E-state index is 12.1. The van der Waals surface area contributed by atoms with Crippen LogP contribution >= 0.6 is 12.4 Å². The monoisotopic (exact) mass is 354 g/mol. The molecule has 1 saturated heterocycles. The average molecular weight is 355 g/mol. The van der Waals surface area contributed by atoms with Gasteiger partial charge in [0, 0.05) is 26.7 Å². The van der Waals surface area contributed by atoms with Crippen molar-refractivity contribution in [2.75, 3.05) is 26.7 Å². The number of hydrogen-bond donors (Lipinski definition) is 1. The number of nitrogens with zero attached hydrogens (tertiary/aromatic N) is 1. The van der Waals surface area contributed by atoms with Gasteiger partial charge in [0.15, 0.2) is 0 Å². The van der Waals surface area contributed by atoms with Crippen LogP contribution in [0.5, 0.6) is 5.75 Å². The van der Waals surface area contributed by atoms with E-state index < -0.39 is 12.5 Å². The first-order chi connectivity index (χ1) is 10.3. The van der Waals surface area contributed by atoms with Gasteiger partial charge < -0.3 is 19.7 Å². The van der Waals surface area contributed by atoms with Gasteiger partial charge in [-0.3, -0.25) is 4.79 Å². The van der Waals surface area contributed by atoms with Gasteiger partial charge in [-0.25, -0.2) is 0 Å². The summed E-state index contributed by atoms with van der Waals surface area (Å²) in [5.74, 6) is -0.451. The van der Waals surface area contributed by atoms with Crippen molar-refractivity contribution in [3.63, 3.8) is 0 Å². The molecule has 0 bridgehead atoms. The van der Waals surface area contributed by atoms with E-state index in [2.05, 4.69) is 10.1 Å². The molecule has 1 aliphatic heterocycles. The molecule has 0 saturated carbocycles. The number of rotatable bonds is 4. The topological polar surface area (TPSA) is 50.8 Å². The normalized spacial score (nSPS) is 18.0. The van der Waals surface area contributed by atoms with Crippen LogP contribution in [0.15, 0.2) is 24.3 Å². The number of nitrogens with one attached hydrogen (secondary N) is 1. The first-order valence-electron chi connectivity index (χ1n) is 6.77. The molecule has 1 fully saturated rings. The molecule has 5 nitrogen and oxygen atoms in total. The van der Waals surface area contributed by atoms with E-state index >= 15 is 0 Å². The molecule has 9 heteroatoms. The zero-order valence-electron chi connectivity index (χ0n) is 12.4. The molecule has 1 aliphatic rings. The third kappa shape index (κ3) is 6.25. The average Bonchev–Trinajstić information content (AvgIpc) is 2.48. The van der Waals surface area contributed by atoms with E-state index in [-0.39, 0.29) is 30.6 Å². The Morgan fingerprint density at radius 2 is 2.04 bits per heavy atom. The molecule has 130 valence electrons. The molecule has 1 unspecified atom stereocenters. The lowest BCUT2D eigenvalue weighted by molar-refractivity contribution is -0.274. The first-order valence-corrected chi connectivity index (χ1v) is 6.77. The minimum Gasteiger partial charge on any atom is -0.406 e. The van der Waals surface area contributed by atoms with Crippen molar-refractivity contribution in [1.29, 1.82) is 0 Å². The lowest BCUT2D eigenvalue weighted by Gasteiger charge is -2.27.